The van der Waals surface area contributed by atoms with Crippen molar-refractivity contribution in [1.29, 1.82) is 0 Å². The Hall–Kier alpha value is -2.86. The molecule has 0 aliphatic rings. The molecule has 3 aromatic rings. The normalized spacial score (nSPS) is 11.5. The van der Waals surface area contributed by atoms with Gasteiger partial charge in [-0.05, 0) is 85.3 Å². The zero-order valence-corrected chi connectivity index (χ0v) is 19.2. The lowest BCUT2D eigenvalue weighted by Crippen LogP contribution is -1.91. The van der Waals surface area contributed by atoms with E-state index in [1.54, 1.807) is 0 Å². The average molecular weight is 409 g/mol. The van der Waals surface area contributed by atoms with E-state index in [2.05, 4.69) is 111 Å². The summed E-state index contributed by atoms with van der Waals surface area (Å²) in [4.78, 5) is 0. The largest absolute Gasteiger partial charge is 0.0917 e. The fraction of sp³-hybridized carbons (Fsp3) is 0.290. The molecule has 0 unspecified atom stereocenters. The highest BCUT2D eigenvalue weighted by Crippen LogP contribution is 2.22. The molecule has 0 bridgehead atoms. The zero-order chi connectivity index (χ0) is 21.7. The summed E-state index contributed by atoms with van der Waals surface area (Å²) in [7, 11) is 0. The molecule has 31 heavy (non-hydrogen) atoms. The zero-order valence-electron chi connectivity index (χ0n) is 19.2. The number of aryl methyl sites for hydroxylation is 3. The highest BCUT2D eigenvalue weighted by Gasteiger charge is 2.00. The summed E-state index contributed by atoms with van der Waals surface area (Å²) in [6.45, 7) is 4.25. The maximum Gasteiger partial charge on any atom is -0.0184 e. The second kappa shape index (κ2) is 12.7. The van der Waals surface area contributed by atoms with E-state index in [0.29, 0.717) is 0 Å². The molecule has 0 N–H and O–H groups in total. The minimum atomic E-state index is 1.08. The molecule has 0 fully saturated rings. The second-order valence-corrected chi connectivity index (χ2v) is 8.26. The predicted octanol–water partition coefficient (Wildman–Crippen LogP) is 8.85. The van der Waals surface area contributed by atoms with Gasteiger partial charge < -0.3 is 0 Å². The molecule has 160 valence electrons. The Balaban J connectivity index is 1.42. The molecule has 0 atom stereocenters. The Bertz CT molecular complexity index is 938. The van der Waals surface area contributed by atoms with Crippen molar-refractivity contribution >= 4 is 6.08 Å². The molecule has 0 heterocycles. The number of hydrogen-bond acceptors (Lipinski definition) is 0. The first-order valence-electron chi connectivity index (χ1n) is 11.8. The second-order valence-electron chi connectivity index (χ2n) is 8.26. The molecule has 0 spiro atoms. The van der Waals surface area contributed by atoms with Gasteiger partial charge in [-0.2, -0.15) is 0 Å². The summed E-state index contributed by atoms with van der Waals surface area (Å²) in [6.07, 6.45) is 16.9. The molecule has 0 radical (unpaired) electrons. The van der Waals surface area contributed by atoms with Gasteiger partial charge in [-0.25, -0.2) is 0 Å². The summed E-state index contributed by atoms with van der Waals surface area (Å²) in [5.41, 5.74) is 8.19. The van der Waals surface area contributed by atoms with E-state index in [4.69, 9.17) is 0 Å². The third-order valence-electron chi connectivity index (χ3n) is 5.78. The molecule has 0 amide bonds. The van der Waals surface area contributed by atoms with E-state index >= 15 is 0 Å². The van der Waals surface area contributed by atoms with Crippen LogP contribution >= 0.6 is 0 Å². The van der Waals surface area contributed by atoms with Crippen LogP contribution in [0.4, 0.5) is 0 Å². The van der Waals surface area contributed by atoms with Crippen LogP contribution in [0.1, 0.15) is 61.8 Å². The van der Waals surface area contributed by atoms with Crippen molar-refractivity contribution in [2.45, 2.75) is 58.8 Å². The van der Waals surface area contributed by atoms with E-state index in [9.17, 15) is 0 Å². The lowest BCUT2D eigenvalue weighted by Gasteiger charge is -2.06. The summed E-state index contributed by atoms with van der Waals surface area (Å²) < 4.78 is 0. The van der Waals surface area contributed by atoms with Crippen molar-refractivity contribution in [3.8, 4) is 11.1 Å². The van der Waals surface area contributed by atoms with Gasteiger partial charge in [-0.15, -0.1) is 0 Å². The van der Waals surface area contributed by atoms with E-state index in [1.165, 1.54) is 52.6 Å². The monoisotopic (exact) mass is 408 g/mol. The van der Waals surface area contributed by atoms with Crippen LogP contribution in [-0.2, 0) is 19.3 Å². The van der Waals surface area contributed by atoms with Crippen LogP contribution in [0.25, 0.3) is 17.2 Å². The van der Waals surface area contributed by atoms with Gasteiger partial charge in [-0.1, -0.05) is 104 Å². The molecular weight excluding hydrogens is 372 g/mol. The van der Waals surface area contributed by atoms with Crippen LogP contribution in [0.2, 0.25) is 0 Å². The third-order valence-corrected chi connectivity index (χ3v) is 5.78. The quantitative estimate of drug-likeness (QED) is 0.219. The molecule has 0 saturated carbocycles. The van der Waals surface area contributed by atoms with E-state index < -0.39 is 0 Å². The standard InChI is InChI=1S/C31H36/c1-3-5-7-11-27-14-16-28(17-15-27)12-8-9-13-29-20-24-31(25-21-29)30-22-18-26(19-23-30)10-6-4-2/h3,5-6,10,14-25H,4,7-9,11-13H2,1-2H3/b5-3+,10-6+. The third kappa shape index (κ3) is 7.72. The molecule has 0 aliphatic heterocycles. The van der Waals surface area contributed by atoms with E-state index in [-0.39, 0.29) is 0 Å². The SMILES string of the molecule is C/C=C/CCc1ccc(CCCCc2ccc(-c3ccc(/C=C/CC)cc3)cc2)cc1. The smallest absolute Gasteiger partial charge is 0.0184 e. The summed E-state index contributed by atoms with van der Waals surface area (Å²) in [5, 5.41) is 0. The van der Waals surface area contributed by atoms with E-state index in [0.717, 1.165) is 25.7 Å². The minimum absolute atomic E-state index is 1.08. The van der Waals surface area contributed by atoms with Crippen LogP contribution in [-0.4, -0.2) is 0 Å². The van der Waals surface area contributed by atoms with Crippen LogP contribution in [0, 0.1) is 0 Å². The molecular formula is C31H36. The van der Waals surface area contributed by atoms with E-state index in [1.807, 2.05) is 0 Å². The predicted molar refractivity (Wildman–Crippen MR) is 137 cm³/mol. The first-order chi connectivity index (χ1) is 15.3. The summed E-state index contributed by atoms with van der Waals surface area (Å²) in [6, 6.07) is 27.2. The van der Waals surface area contributed by atoms with Crippen molar-refractivity contribution in [3.05, 3.63) is 113 Å². The maximum absolute atomic E-state index is 2.31. The minimum Gasteiger partial charge on any atom is -0.0917 e. The van der Waals surface area contributed by atoms with Gasteiger partial charge in [0, 0.05) is 0 Å². The first-order valence-corrected chi connectivity index (χ1v) is 11.8. The van der Waals surface area contributed by atoms with Crippen molar-refractivity contribution in [1.82, 2.24) is 0 Å². The molecule has 0 aromatic heterocycles. The molecule has 0 saturated heterocycles. The summed E-state index contributed by atoms with van der Waals surface area (Å²) in [5.74, 6) is 0. The van der Waals surface area contributed by atoms with Gasteiger partial charge in [0.1, 0.15) is 0 Å². The highest BCUT2D eigenvalue weighted by molar-refractivity contribution is 5.66. The topological polar surface area (TPSA) is 0 Å². The Labute approximate surface area is 189 Å². The number of rotatable bonds is 11. The van der Waals surface area contributed by atoms with Crippen LogP contribution in [0.5, 0.6) is 0 Å². The Kier molecular flexibility index (Phi) is 9.38. The van der Waals surface area contributed by atoms with Crippen LogP contribution in [0.3, 0.4) is 0 Å². The maximum atomic E-state index is 2.31. The van der Waals surface area contributed by atoms with Crippen molar-refractivity contribution in [2.75, 3.05) is 0 Å². The molecule has 0 heteroatoms. The van der Waals surface area contributed by atoms with Gasteiger partial charge in [-0.3, -0.25) is 0 Å². The fourth-order valence-corrected chi connectivity index (χ4v) is 3.85. The first kappa shape index (κ1) is 22.8. The lowest BCUT2D eigenvalue weighted by molar-refractivity contribution is 0.734. The van der Waals surface area contributed by atoms with Crippen LogP contribution < -0.4 is 0 Å². The Morgan fingerprint density at radius 1 is 0.581 bits per heavy atom. The number of unbranched alkanes of at least 4 members (excludes halogenated alkanes) is 1. The van der Waals surface area contributed by atoms with Crippen LogP contribution in [0.15, 0.2) is 91.0 Å². The van der Waals surface area contributed by atoms with Crippen molar-refractivity contribution < 1.29 is 0 Å². The lowest BCUT2D eigenvalue weighted by atomic mass is 9.99. The Morgan fingerprint density at radius 3 is 1.58 bits per heavy atom. The van der Waals surface area contributed by atoms with Gasteiger partial charge >= 0.3 is 0 Å². The highest BCUT2D eigenvalue weighted by atomic mass is 14.1. The number of benzene rings is 3. The van der Waals surface area contributed by atoms with Gasteiger partial charge in [0.2, 0.25) is 0 Å². The molecule has 3 rings (SSSR count). The van der Waals surface area contributed by atoms with Gasteiger partial charge in [0.15, 0.2) is 0 Å². The van der Waals surface area contributed by atoms with Gasteiger partial charge in [0.25, 0.3) is 0 Å². The van der Waals surface area contributed by atoms with Gasteiger partial charge in [0.05, 0.1) is 0 Å². The Morgan fingerprint density at radius 2 is 1.06 bits per heavy atom. The molecule has 3 aromatic carbocycles. The molecule has 0 aliphatic carbocycles. The number of hydrogen-bond donors (Lipinski definition) is 0. The number of allylic oxidation sites excluding steroid dienone is 3. The van der Waals surface area contributed by atoms with Crippen molar-refractivity contribution in [2.24, 2.45) is 0 Å². The van der Waals surface area contributed by atoms with Crippen molar-refractivity contribution in [3.63, 3.8) is 0 Å². The fourth-order valence-electron chi connectivity index (χ4n) is 3.85. The summed E-state index contributed by atoms with van der Waals surface area (Å²) >= 11 is 0. The molecule has 0 nitrogen and oxygen atoms in total. The average Bonchev–Trinajstić information content (AvgIpc) is 2.82.